The highest BCUT2D eigenvalue weighted by molar-refractivity contribution is 6.30. The summed E-state index contributed by atoms with van der Waals surface area (Å²) in [5.74, 6) is -0.222. The zero-order valence-corrected chi connectivity index (χ0v) is 15.8. The van der Waals surface area contributed by atoms with E-state index in [1.165, 1.54) is 0 Å². The van der Waals surface area contributed by atoms with Gasteiger partial charge in [0, 0.05) is 30.5 Å². The number of hydrogen-bond acceptors (Lipinski definition) is 3. The Bertz CT molecular complexity index is 787. The molecular formula is C19H23ClN4O2. The van der Waals surface area contributed by atoms with Crippen molar-refractivity contribution in [2.45, 2.75) is 32.2 Å². The van der Waals surface area contributed by atoms with E-state index < -0.39 is 0 Å². The molecule has 2 amide bonds. The van der Waals surface area contributed by atoms with E-state index in [1.54, 1.807) is 46.1 Å². The second-order valence-electron chi connectivity index (χ2n) is 6.61. The Morgan fingerprint density at radius 2 is 2.04 bits per heavy atom. The smallest absolute Gasteiger partial charge is 0.257 e. The van der Waals surface area contributed by atoms with Gasteiger partial charge in [0.1, 0.15) is 6.54 Å². The third-order valence-corrected chi connectivity index (χ3v) is 4.93. The van der Waals surface area contributed by atoms with E-state index in [0.29, 0.717) is 17.1 Å². The molecule has 2 heterocycles. The van der Waals surface area contributed by atoms with E-state index in [4.69, 9.17) is 11.6 Å². The minimum Gasteiger partial charge on any atom is -0.324 e. The molecule has 26 heavy (non-hydrogen) atoms. The summed E-state index contributed by atoms with van der Waals surface area (Å²) in [4.78, 5) is 29.1. The minimum atomic E-state index is -0.136. The number of amides is 2. The SMILES string of the molecule is CCCCC1CN(c2ccc(Cl)cc2)C(=O)CN1C(=O)c1cnn(C)c1. The molecule has 2 aromatic rings. The van der Waals surface area contributed by atoms with E-state index in [2.05, 4.69) is 12.0 Å². The second kappa shape index (κ2) is 7.91. The van der Waals surface area contributed by atoms with E-state index in [0.717, 1.165) is 24.9 Å². The molecule has 7 heteroatoms. The highest BCUT2D eigenvalue weighted by atomic mass is 35.5. The summed E-state index contributed by atoms with van der Waals surface area (Å²) in [7, 11) is 1.77. The van der Waals surface area contributed by atoms with E-state index >= 15 is 0 Å². The number of carbonyl (C=O) groups is 2. The van der Waals surface area contributed by atoms with E-state index in [1.807, 2.05) is 12.1 Å². The Kier molecular flexibility index (Phi) is 5.61. The Morgan fingerprint density at radius 1 is 1.31 bits per heavy atom. The number of halogens is 1. The van der Waals surface area contributed by atoms with Crippen LogP contribution in [0.25, 0.3) is 0 Å². The summed E-state index contributed by atoms with van der Waals surface area (Å²) in [6.45, 7) is 2.69. The molecular weight excluding hydrogens is 352 g/mol. The average molecular weight is 375 g/mol. The Hall–Kier alpha value is -2.34. The summed E-state index contributed by atoms with van der Waals surface area (Å²) < 4.78 is 1.60. The molecule has 0 radical (unpaired) electrons. The number of aryl methyl sites for hydroxylation is 1. The largest absolute Gasteiger partial charge is 0.324 e. The maximum atomic E-state index is 12.9. The number of benzene rings is 1. The van der Waals surface area contributed by atoms with Gasteiger partial charge in [0.15, 0.2) is 0 Å². The molecule has 1 unspecified atom stereocenters. The Labute approximate surface area is 158 Å². The minimum absolute atomic E-state index is 0.0176. The van der Waals surface area contributed by atoms with Crippen LogP contribution in [-0.2, 0) is 11.8 Å². The molecule has 0 spiro atoms. The lowest BCUT2D eigenvalue weighted by molar-refractivity contribution is -0.121. The van der Waals surface area contributed by atoms with Gasteiger partial charge < -0.3 is 9.80 Å². The van der Waals surface area contributed by atoms with Gasteiger partial charge in [0.05, 0.1) is 17.8 Å². The Morgan fingerprint density at radius 3 is 2.65 bits per heavy atom. The van der Waals surface area contributed by atoms with Gasteiger partial charge >= 0.3 is 0 Å². The normalized spacial score (nSPS) is 17.7. The first kappa shape index (κ1) is 18.5. The van der Waals surface area contributed by atoms with Crippen molar-refractivity contribution in [1.29, 1.82) is 0 Å². The molecule has 1 saturated heterocycles. The number of hydrogen-bond donors (Lipinski definition) is 0. The molecule has 0 N–H and O–H groups in total. The first-order chi connectivity index (χ1) is 12.5. The molecule has 3 rings (SSSR count). The summed E-state index contributed by atoms with van der Waals surface area (Å²) in [6, 6.07) is 7.22. The fourth-order valence-electron chi connectivity index (χ4n) is 3.26. The molecule has 1 aromatic heterocycles. The lowest BCUT2D eigenvalue weighted by Crippen LogP contribution is -2.58. The van der Waals surface area contributed by atoms with Crippen molar-refractivity contribution in [3.63, 3.8) is 0 Å². The first-order valence-electron chi connectivity index (χ1n) is 8.85. The molecule has 6 nitrogen and oxygen atoms in total. The van der Waals surface area contributed by atoms with Gasteiger partial charge in [-0.05, 0) is 30.7 Å². The van der Waals surface area contributed by atoms with Crippen molar-refractivity contribution >= 4 is 29.1 Å². The molecule has 1 aromatic carbocycles. The Balaban J connectivity index is 1.83. The van der Waals surface area contributed by atoms with Crippen LogP contribution >= 0.6 is 11.6 Å². The van der Waals surface area contributed by atoms with Crippen molar-refractivity contribution < 1.29 is 9.59 Å². The second-order valence-corrected chi connectivity index (χ2v) is 7.05. The van der Waals surface area contributed by atoms with Crippen molar-refractivity contribution in [3.05, 3.63) is 47.2 Å². The maximum absolute atomic E-state index is 12.9. The molecule has 1 aliphatic rings. The molecule has 0 bridgehead atoms. The highest BCUT2D eigenvalue weighted by Gasteiger charge is 2.36. The van der Waals surface area contributed by atoms with Gasteiger partial charge in [-0.15, -0.1) is 0 Å². The first-order valence-corrected chi connectivity index (χ1v) is 9.23. The van der Waals surface area contributed by atoms with Gasteiger partial charge in [0.2, 0.25) is 5.91 Å². The fraction of sp³-hybridized carbons (Fsp3) is 0.421. The monoisotopic (exact) mass is 374 g/mol. The summed E-state index contributed by atoms with van der Waals surface area (Å²) >= 11 is 5.95. The molecule has 0 saturated carbocycles. The number of nitrogens with zero attached hydrogens (tertiary/aromatic N) is 4. The highest BCUT2D eigenvalue weighted by Crippen LogP contribution is 2.25. The van der Waals surface area contributed by atoms with Crippen LogP contribution in [0.1, 0.15) is 36.5 Å². The van der Waals surface area contributed by atoms with Crippen molar-refractivity contribution in [1.82, 2.24) is 14.7 Å². The number of aromatic nitrogens is 2. The van der Waals surface area contributed by atoms with Crippen LogP contribution in [0.5, 0.6) is 0 Å². The van der Waals surface area contributed by atoms with Crippen LogP contribution in [0.2, 0.25) is 5.02 Å². The lowest BCUT2D eigenvalue weighted by atomic mass is 10.0. The number of carbonyl (C=O) groups excluding carboxylic acids is 2. The third kappa shape index (κ3) is 3.90. The number of anilines is 1. The topological polar surface area (TPSA) is 58.4 Å². The van der Waals surface area contributed by atoms with E-state index in [-0.39, 0.29) is 24.4 Å². The zero-order chi connectivity index (χ0) is 18.7. The molecule has 1 atom stereocenters. The zero-order valence-electron chi connectivity index (χ0n) is 15.1. The fourth-order valence-corrected chi connectivity index (χ4v) is 3.39. The predicted molar refractivity (Wildman–Crippen MR) is 101 cm³/mol. The van der Waals surface area contributed by atoms with Gasteiger partial charge in [-0.25, -0.2) is 0 Å². The lowest BCUT2D eigenvalue weighted by Gasteiger charge is -2.41. The molecule has 0 aliphatic carbocycles. The van der Waals surface area contributed by atoms with Gasteiger partial charge in [-0.1, -0.05) is 31.4 Å². The maximum Gasteiger partial charge on any atom is 0.257 e. The quantitative estimate of drug-likeness (QED) is 0.807. The summed E-state index contributed by atoms with van der Waals surface area (Å²) in [6.07, 6.45) is 6.15. The van der Waals surface area contributed by atoms with Crippen LogP contribution < -0.4 is 4.90 Å². The third-order valence-electron chi connectivity index (χ3n) is 4.68. The van der Waals surface area contributed by atoms with E-state index in [9.17, 15) is 9.59 Å². The van der Waals surface area contributed by atoms with Gasteiger partial charge in [-0.3, -0.25) is 14.3 Å². The molecule has 1 fully saturated rings. The van der Waals surface area contributed by atoms with Crippen molar-refractivity contribution in [3.8, 4) is 0 Å². The van der Waals surface area contributed by atoms with Crippen LogP contribution in [0.4, 0.5) is 5.69 Å². The average Bonchev–Trinajstić information content (AvgIpc) is 3.07. The molecule has 138 valence electrons. The van der Waals surface area contributed by atoms with Crippen LogP contribution in [-0.4, -0.2) is 45.6 Å². The van der Waals surface area contributed by atoms with Gasteiger partial charge in [0.25, 0.3) is 5.91 Å². The van der Waals surface area contributed by atoms with Crippen molar-refractivity contribution in [2.75, 3.05) is 18.0 Å². The number of rotatable bonds is 5. The van der Waals surface area contributed by atoms with Crippen LogP contribution in [0.3, 0.4) is 0 Å². The number of piperazine rings is 1. The van der Waals surface area contributed by atoms with Crippen molar-refractivity contribution in [2.24, 2.45) is 7.05 Å². The number of unbranched alkanes of at least 4 members (excludes halogenated alkanes) is 1. The molecule has 1 aliphatic heterocycles. The summed E-state index contributed by atoms with van der Waals surface area (Å²) in [5.41, 5.74) is 1.33. The van der Waals surface area contributed by atoms with Crippen LogP contribution in [0.15, 0.2) is 36.7 Å². The predicted octanol–water partition coefficient (Wildman–Crippen LogP) is 3.12. The van der Waals surface area contributed by atoms with Crippen LogP contribution in [0, 0.1) is 0 Å². The van der Waals surface area contributed by atoms with Gasteiger partial charge in [-0.2, -0.15) is 5.10 Å². The summed E-state index contributed by atoms with van der Waals surface area (Å²) in [5, 5.41) is 4.70. The standard InChI is InChI=1S/C19H23ClN4O2/c1-3-4-5-17-12-23(16-8-6-15(20)7-9-16)18(25)13-24(17)19(26)14-10-21-22(2)11-14/h6-11,17H,3-5,12-13H2,1-2H3.